The van der Waals surface area contributed by atoms with E-state index in [2.05, 4.69) is 10.4 Å². The van der Waals surface area contributed by atoms with Gasteiger partial charge in [0.1, 0.15) is 11.5 Å². The van der Waals surface area contributed by atoms with Crippen LogP contribution in [0, 0.1) is 5.82 Å². The zero-order valence-corrected chi connectivity index (χ0v) is 15.6. The van der Waals surface area contributed by atoms with E-state index < -0.39 is 0 Å². The number of rotatable bonds is 4. The van der Waals surface area contributed by atoms with Crippen molar-refractivity contribution in [3.63, 3.8) is 0 Å². The molecule has 0 radical (unpaired) electrons. The van der Waals surface area contributed by atoms with E-state index in [4.69, 9.17) is 0 Å². The Morgan fingerprint density at radius 3 is 2.74 bits per heavy atom. The molecule has 3 aromatic rings. The average Bonchev–Trinajstić information content (AvgIpc) is 3.30. The number of ketones is 1. The molecule has 0 saturated carbocycles. The molecule has 27 heavy (non-hydrogen) atoms. The first-order valence-electron chi connectivity index (χ1n) is 8.78. The molecular weight excluding hydrogens is 365 g/mol. The summed E-state index contributed by atoms with van der Waals surface area (Å²) in [6, 6.07) is 9.69. The number of para-hydroxylation sites is 1. The van der Waals surface area contributed by atoms with E-state index in [0.717, 1.165) is 30.5 Å². The molecule has 1 aromatic carbocycles. The van der Waals surface area contributed by atoms with Crippen LogP contribution in [0.4, 0.5) is 4.39 Å². The van der Waals surface area contributed by atoms with Crippen molar-refractivity contribution >= 4 is 23.0 Å². The van der Waals surface area contributed by atoms with Crippen LogP contribution < -0.4 is 5.32 Å². The number of hydrogen-bond donors (Lipinski definition) is 1. The molecule has 1 aliphatic rings. The molecule has 0 bridgehead atoms. The van der Waals surface area contributed by atoms with Gasteiger partial charge in [0, 0.05) is 11.3 Å². The fourth-order valence-corrected chi connectivity index (χ4v) is 4.22. The Kier molecular flexibility index (Phi) is 4.61. The van der Waals surface area contributed by atoms with Crippen molar-refractivity contribution in [1.29, 1.82) is 0 Å². The quantitative estimate of drug-likeness (QED) is 0.691. The zero-order chi connectivity index (χ0) is 19.0. The van der Waals surface area contributed by atoms with Crippen LogP contribution in [0.5, 0.6) is 0 Å². The third-order valence-electron chi connectivity index (χ3n) is 4.75. The third kappa shape index (κ3) is 3.30. The maximum absolute atomic E-state index is 14.2. The first kappa shape index (κ1) is 17.6. The van der Waals surface area contributed by atoms with Crippen molar-refractivity contribution < 1.29 is 14.0 Å². The zero-order valence-electron chi connectivity index (χ0n) is 14.7. The number of fused-ring (bicyclic) bond motifs is 1. The van der Waals surface area contributed by atoms with Gasteiger partial charge in [-0.25, -0.2) is 9.07 Å². The van der Waals surface area contributed by atoms with Crippen LogP contribution >= 0.6 is 11.3 Å². The Labute approximate surface area is 159 Å². The standard InChI is InChI=1S/C20H18FN3O2S/c1-12(25)18-9-10-19(27-18)20(26)23-15-6-4-8-16-13(15)11-22-24(16)17-7-3-2-5-14(17)21/h2-3,5,7,9-11,15H,4,6,8H2,1H3,(H,23,26)/t15-/m0/s1. The highest BCUT2D eigenvalue weighted by Gasteiger charge is 2.27. The summed E-state index contributed by atoms with van der Waals surface area (Å²) in [7, 11) is 0. The second-order valence-electron chi connectivity index (χ2n) is 6.55. The predicted molar refractivity (Wildman–Crippen MR) is 101 cm³/mol. The van der Waals surface area contributed by atoms with Gasteiger partial charge in [0.25, 0.3) is 5.91 Å². The molecule has 0 saturated heterocycles. The number of carbonyl (C=O) groups excluding carboxylic acids is 2. The molecule has 5 nitrogen and oxygen atoms in total. The maximum Gasteiger partial charge on any atom is 0.261 e. The van der Waals surface area contributed by atoms with Crippen molar-refractivity contribution in [3.8, 4) is 5.69 Å². The number of thiophene rings is 1. The van der Waals surface area contributed by atoms with Crippen LogP contribution in [0.2, 0.25) is 0 Å². The number of hydrogen-bond acceptors (Lipinski definition) is 4. The molecule has 4 rings (SSSR count). The fraction of sp³-hybridized carbons (Fsp3) is 0.250. The minimum absolute atomic E-state index is 0.0508. The van der Waals surface area contributed by atoms with Crippen LogP contribution in [0.1, 0.15) is 56.4 Å². The molecule has 7 heteroatoms. The molecule has 2 aromatic heterocycles. The Hall–Kier alpha value is -2.80. The third-order valence-corrected chi connectivity index (χ3v) is 5.93. The lowest BCUT2D eigenvalue weighted by Gasteiger charge is -2.24. The first-order valence-corrected chi connectivity index (χ1v) is 9.59. The van der Waals surface area contributed by atoms with Gasteiger partial charge in [-0.3, -0.25) is 9.59 Å². The number of halogens is 1. The maximum atomic E-state index is 14.2. The van der Waals surface area contributed by atoms with Crippen molar-refractivity contribution in [1.82, 2.24) is 15.1 Å². The van der Waals surface area contributed by atoms with Gasteiger partial charge in [-0.05, 0) is 50.5 Å². The fourth-order valence-electron chi connectivity index (χ4n) is 3.42. The van der Waals surface area contributed by atoms with Crippen LogP contribution in [0.15, 0.2) is 42.6 Å². The lowest BCUT2D eigenvalue weighted by Crippen LogP contribution is -2.30. The van der Waals surface area contributed by atoms with Crippen molar-refractivity contribution in [3.05, 3.63) is 69.4 Å². The van der Waals surface area contributed by atoms with Gasteiger partial charge < -0.3 is 5.32 Å². The Morgan fingerprint density at radius 1 is 1.22 bits per heavy atom. The normalized spacial score (nSPS) is 16.0. The average molecular weight is 383 g/mol. The molecule has 1 amide bonds. The number of carbonyl (C=O) groups is 2. The molecule has 1 aliphatic carbocycles. The lowest BCUT2D eigenvalue weighted by atomic mass is 9.93. The number of nitrogens with zero attached hydrogens (tertiary/aromatic N) is 2. The summed E-state index contributed by atoms with van der Waals surface area (Å²) >= 11 is 1.19. The SMILES string of the molecule is CC(=O)c1ccc(C(=O)N[C@H]2CCCc3c2cnn3-c2ccccc2F)s1. The van der Waals surface area contributed by atoms with E-state index >= 15 is 0 Å². The number of amides is 1. The molecule has 0 fully saturated rings. The van der Waals surface area contributed by atoms with Crippen LogP contribution in [-0.4, -0.2) is 21.5 Å². The summed E-state index contributed by atoms with van der Waals surface area (Å²) in [5.74, 6) is -0.584. The largest absolute Gasteiger partial charge is 0.344 e. The summed E-state index contributed by atoms with van der Waals surface area (Å²) in [5, 5.41) is 7.41. The molecular formula is C20H18FN3O2S. The summed E-state index contributed by atoms with van der Waals surface area (Å²) in [5.41, 5.74) is 2.25. The summed E-state index contributed by atoms with van der Waals surface area (Å²) < 4.78 is 15.8. The Morgan fingerprint density at radius 2 is 2.00 bits per heavy atom. The molecule has 0 aliphatic heterocycles. The highest BCUT2D eigenvalue weighted by molar-refractivity contribution is 7.15. The number of aromatic nitrogens is 2. The molecule has 2 heterocycles. The van der Waals surface area contributed by atoms with E-state index in [-0.39, 0.29) is 23.5 Å². The van der Waals surface area contributed by atoms with Gasteiger partial charge in [-0.15, -0.1) is 11.3 Å². The molecule has 0 spiro atoms. The van der Waals surface area contributed by atoms with E-state index in [9.17, 15) is 14.0 Å². The number of Topliss-reactive ketones (excluding diaryl/α,β-unsaturated/α-hetero) is 1. The van der Waals surface area contributed by atoms with Crippen molar-refractivity contribution in [2.75, 3.05) is 0 Å². The highest BCUT2D eigenvalue weighted by Crippen LogP contribution is 2.32. The lowest BCUT2D eigenvalue weighted by molar-refractivity contribution is 0.0936. The second kappa shape index (κ2) is 7.08. The first-order chi connectivity index (χ1) is 13.0. The van der Waals surface area contributed by atoms with Gasteiger partial charge in [0.15, 0.2) is 5.78 Å². The Balaban J connectivity index is 1.60. The smallest absolute Gasteiger partial charge is 0.261 e. The van der Waals surface area contributed by atoms with E-state index in [1.54, 1.807) is 41.2 Å². The molecule has 0 unspecified atom stereocenters. The highest BCUT2D eigenvalue weighted by atomic mass is 32.1. The minimum Gasteiger partial charge on any atom is -0.344 e. The summed E-state index contributed by atoms with van der Waals surface area (Å²) in [4.78, 5) is 25.1. The number of nitrogens with one attached hydrogen (secondary N) is 1. The number of benzene rings is 1. The van der Waals surface area contributed by atoms with E-state index in [1.807, 2.05) is 0 Å². The van der Waals surface area contributed by atoms with Crippen LogP contribution in [0.25, 0.3) is 5.69 Å². The van der Waals surface area contributed by atoms with Gasteiger partial charge in [0.05, 0.1) is 22.0 Å². The molecule has 1 N–H and O–H groups in total. The summed E-state index contributed by atoms with van der Waals surface area (Å²) in [6.45, 7) is 1.48. The molecule has 1 atom stereocenters. The predicted octanol–water partition coefficient (Wildman–Crippen LogP) is 4.08. The van der Waals surface area contributed by atoms with Gasteiger partial charge in [-0.2, -0.15) is 5.10 Å². The topological polar surface area (TPSA) is 64.0 Å². The van der Waals surface area contributed by atoms with Gasteiger partial charge in [-0.1, -0.05) is 12.1 Å². The van der Waals surface area contributed by atoms with E-state index in [1.165, 1.54) is 24.3 Å². The second-order valence-corrected chi connectivity index (χ2v) is 7.63. The van der Waals surface area contributed by atoms with Crippen LogP contribution in [0.3, 0.4) is 0 Å². The molecule has 138 valence electrons. The van der Waals surface area contributed by atoms with Crippen molar-refractivity contribution in [2.24, 2.45) is 0 Å². The monoisotopic (exact) mass is 383 g/mol. The van der Waals surface area contributed by atoms with Crippen molar-refractivity contribution in [2.45, 2.75) is 32.2 Å². The summed E-state index contributed by atoms with van der Waals surface area (Å²) in [6.07, 6.45) is 4.17. The minimum atomic E-state index is -0.329. The van der Waals surface area contributed by atoms with Crippen LogP contribution in [-0.2, 0) is 6.42 Å². The van der Waals surface area contributed by atoms with Gasteiger partial charge >= 0.3 is 0 Å². The van der Waals surface area contributed by atoms with Gasteiger partial charge in [0.2, 0.25) is 0 Å². The Bertz CT molecular complexity index is 1020. The van der Waals surface area contributed by atoms with E-state index in [0.29, 0.717) is 15.4 Å².